The first-order valence-electron chi connectivity index (χ1n) is 8.17. The summed E-state index contributed by atoms with van der Waals surface area (Å²) >= 11 is 0. The summed E-state index contributed by atoms with van der Waals surface area (Å²) in [5, 5.41) is 0. The molecule has 1 heterocycles. The van der Waals surface area contributed by atoms with E-state index < -0.39 is 0 Å². The van der Waals surface area contributed by atoms with E-state index in [1.165, 1.54) is 43.4 Å². The fourth-order valence-electron chi connectivity index (χ4n) is 3.32. The van der Waals surface area contributed by atoms with Crippen LogP contribution in [-0.4, -0.2) is 17.5 Å². The highest BCUT2D eigenvalue weighted by Gasteiger charge is 2.19. The van der Waals surface area contributed by atoms with Crippen LogP contribution in [0.5, 0.6) is 0 Å². The van der Waals surface area contributed by atoms with Crippen molar-refractivity contribution in [2.24, 2.45) is 0 Å². The van der Waals surface area contributed by atoms with E-state index in [9.17, 15) is 0 Å². The molecule has 0 aliphatic carbocycles. The molecule has 1 aliphatic heterocycles. The minimum Gasteiger partial charge on any atom is -0.296 e. The van der Waals surface area contributed by atoms with Crippen molar-refractivity contribution in [1.82, 2.24) is 4.90 Å². The molecule has 2 aromatic carbocycles. The Labute approximate surface area is 128 Å². The Hall–Kier alpha value is -1.60. The van der Waals surface area contributed by atoms with Crippen LogP contribution in [0.15, 0.2) is 54.6 Å². The van der Waals surface area contributed by atoms with Gasteiger partial charge in [-0.1, -0.05) is 54.6 Å². The summed E-state index contributed by atoms with van der Waals surface area (Å²) in [4.78, 5) is 2.65. The molecule has 0 saturated heterocycles. The maximum atomic E-state index is 2.65. The first-order chi connectivity index (χ1) is 10.3. The number of nitrogens with zero attached hydrogens (tertiary/aromatic N) is 1. The molecule has 0 spiro atoms. The maximum absolute atomic E-state index is 2.65. The van der Waals surface area contributed by atoms with Crippen molar-refractivity contribution in [1.29, 1.82) is 0 Å². The Balaban J connectivity index is 1.49. The molecule has 1 atom stereocenters. The summed E-state index contributed by atoms with van der Waals surface area (Å²) in [5.74, 6) is 0. The summed E-state index contributed by atoms with van der Waals surface area (Å²) in [7, 11) is 0. The van der Waals surface area contributed by atoms with Crippen molar-refractivity contribution in [2.45, 2.75) is 45.2 Å². The van der Waals surface area contributed by atoms with E-state index in [-0.39, 0.29) is 0 Å². The largest absolute Gasteiger partial charge is 0.296 e. The van der Waals surface area contributed by atoms with Gasteiger partial charge in [-0.3, -0.25) is 4.90 Å². The topological polar surface area (TPSA) is 3.24 Å². The first kappa shape index (κ1) is 14.3. The Morgan fingerprint density at radius 1 is 0.952 bits per heavy atom. The van der Waals surface area contributed by atoms with Gasteiger partial charge in [0.25, 0.3) is 0 Å². The van der Waals surface area contributed by atoms with Crippen molar-refractivity contribution in [3.8, 4) is 0 Å². The van der Waals surface area contributed by atoms with Gasteiger partial charge >= 0.3 is 0 Å². The van der Waals surface area contributed by atoms with E-state index in [1.54, 1.807) is 5.56 Å². The zero-order valence-electron chi connectivity index (χ0n) is 13.0. The van der Waals surface area contributed by atoms with Gasteiger partial charge in [-0.15, -0.1) is 0 Å². The van der Waals surface area contributed by atoms with Crippen LogP contribution >= 0.6 is 0 Å². The van der Waals surface area contributed by atoms with Crippen LogP contribution in [0.2, 0.25) is 0 Å². The van der Waals surface area contributed by atoms with Crippen molar-refractivity contribution in [3.05, 3.63) is 71.3 Å². The van der Waals surface area contributed by atoms with E-state index in [0.29, 0.717) is 6.04 Å². The lowest BCUT2D eigenvalue weighted by Crippen LogP contribution is -2.37. The number of aryl methyl sites for hydroxylation is 1. The predicted molar refractivity (Wildman–Crippen MR) is 89.4 cm³/mol. The molecule has 0 radical (unpaired) electrons. The number of hydrogen-bond donors (Lipinski definition) is 0. The molecule has 0 N–H and O–H groups in total. The highest BCUT2D eigenvalue weighted by Crippen LogP contribution is 2.22. The minimum absolute atomic E-state index is 0.682. The van der Waals surface area contributed by atoms with Gasteiger partial charge in [0.15, 0.2) is 0 Å². The molecular formula is C20H25N. The van der Waals surface area contributed by atoms with Crippen molar-refractivity contribution < 1.29 is 0 Å². The zero-order valence-corrected chi connectivity index (χ0v) is 13.0. The van der Waals surface area contributed by atoms with Crippen molar-refractivity contribution >= 4 is 0 Å². The van der Waals surface area contributed by atoms with E-state index in [4.69, 9.17) is 0 Å². The van der Waals surface area contributed by atoms with Crippen LogP contribution in [0.25, 0.3) is 0 Å². The lowest BCUT2D eigenvalue weighted by atomic mass is 9.97. The molecule has 1 heteroatoms. The lowest BCUT2D eigenvalue weighted by molar-refractivity contribution is 0.180. The second-order valence-corrected chi connectivity index (χ2v) is 6.22. The lowest BCUT2D eigenvalue weighted by Gasteiger charge is -2.33. The van der Waals surface area contributed by atoms with Gasteiger partial charge in [0.1, 0.15) is 0 Å². The standard InChI is InChI=1S/C20H25N/c1-17(8-7-11-18-9-3-2-4-10-18)21-15-14-19-12-5-6-13-20(19)16-21/h2-6,9-10,12-13,17H,7-8,11,14-16H2,1H3. The highest BCUT2D eigenvalue weighted by atomic mass is 15.2. The predicted octanol–water partition coefficient (Wildman–Crippen LogP) is 4.46. The Bertz CT molecular complexity index is 561. The van der Waals surface area contributed by atoms with Gasteiger partial charge in [0.05, 0.1) is 0 Å². The Morgan fingerprint density at radius 2 is 1.67 bits per heavy atom. The molecule has 0 bridgehead atoms. The molecule has 1 unspecified atom stereocenters. The van der Waals surface area contributed by atoms with Crippen LogP contribution in [0.4, 0.5) is 0 Å². The molecule has 0 amide bonds. The smallest absolute Gasteiger partial charge is 0.0239 e. The molecule has 2 aromatic rings. The second kappa shape index (κ2) is 6.91. The summed E-state index contributed by atoms with van der Waals surface area (Å²) < 4.78 is 0. The van der Waals surface area contributed by atoms with E-state index >= 15 is 0 Å². The van der Waals surface area contributed by atoms with Crippen LogP contribution in [0, 0.1) is 0 Å². The molecule has 21 heavy (non-hydrogen) atoms. The molecule has 110 valence electrons. The summed E-state index contributed by atoms with van der Waals surface area (Å²) in [6, 6.07) is 20.4. The monoisotopic (exact) mass is 279 g/mol. The third-order valence-corrected chi connectivity index (χ3v) is 4.71. The molecule has 0 saturated carbocycles. The van der Waals surface area contributed by atoms with Crippen LogP contribution in [-0.2, 0) is 19.4 Å². The molecule has 3 rings (SSSR count). The number of fused-ring (bicyclic) bond motifs is 1. The third kappa shape index (κ3) is 3.74. The normalized spacial score (nSPS) is 16.4. The first-order valence-corrected chi connectivity index (χ1v) is 8.17. The average molecular weight is 279 g/mol. The van der Waals surface area contributed by atoms with Gasteiger partial charge in [-0.25, -0.2) is 0 Å². The average Bonchev–Trinajstić information content (AvgIpc) is 2.55. The van der Waals surface area contributed by atoms with Crippen molar-refractivity contribution in [3.63, 3.8) is 0 Å². The molecule has 1 aliphatic rings. The van der Waals surface area contributed by atoms with Gasteiger partial charge in [0.2, 0.25) is 0 Å². The molecular weight excluding hydrogens is 254 g/mol. The van der Waals surface area contributed by atoms with Gasteiger partial charge in [0, 0.05) is 19.1 Å². The SMILES string of the molecule is CC(CCCc1ccccc1)N1CCc2ccccc2C1. The molecule has 0 aromatic heterocycles. The van der Waals surface area contributed by atoms with Crippen molar-refractivity contribution in [2.75, 3.05) is 6.54 Å². The van der Waals surface area contributed by atoms with E-state index in [0.717, 1.165) is 6.54 Å². The zero-order chi connectivity index (χ0) is 14.5. The third-order valence-electron chi connectivity index (χ3n) is 4.71. The van der Waals surface area contributed by atoms with Gasteiger partial charge in [-0.05, 0) is 49.3 Å². The fourth-order valence-corrected chi connectivity index (χ4v) is 3.32. The maximum Gasteiger partial charge on any atom is 0.0239 e. The highest BCUT2D eigenvalue weighted by molar-refractivity contribution is 5.29. The summed E-state index contributed by atoms with van der Waals surface area (Å²) in [6.07, 6.45) is 4.98. The fraction of sp³-hybridized carbons (Fsp3) is 0.400. The van der Waals surface area contributed by atoms with E-state index in [1.807, 2.05) is 0 Å². The number of hydrogen-bond acceptors (Lipinski definition) is 1. The van der Waals surface area contributed by atoms with E-state index in [2.05, 4.69) is 66.4 Å². The Morgan fingerprint density at radius 3 is 2.48 bits per heavy atom. The van der Waals surface area contributed by atoms with Gasteiger partial charge < -0.3 is 0 Å². The quantitative estimate of drug-likeness (QED) is 0.781. The molecule has 0 fully saturated rings. The number of rotatable bonds is 5. The van der Waals surface area contributed by atoms with Gasteiger partial charge in [-0.2, -0.15) is 0 Å². The minimum atomic E-state index is 0.682. The summed E-state index contributed by atoms with van der Waals surface area (Å²) in [5.41, 5.74) is 4.54. The van der Waals surface area contributed by atoms with Crippen LogP contribution in [0.3, 0.4) is 0 Å². The molecule has 1 nitrogen and oxygen atoms in total. The van der Waals surface area contributed by atoms with Crippen LogP contribution < -0.4 is 0 Å². The second-order valence-electron chi connectivity index (χ2n) is 6.22. The number of benzene rings is 2. The summed E-state index contributed by atoms with van der Waals surface area (Å²) in [6.45, 7) is 4.73. The van der Waals surface area contributed by atoms with Crippen LogP contribution in [0.1, 0.15) is 36.5 Å². The Kier molecular flexibility index (Phi) is 4.72.